The van der Waals surface area contributed by atoms with Crippen LogP contribution in [0.4, 0.5) is 0 Å². The monoisotopic (exact) mass is 236 g/mol. The number of ether oxygens (including phenoxy) is 1. The molecule has 1 aromatic heterocycles. The first-order valence-corrected chi connectivity index (χ1v) is 5.38. The van der Waals surface area contributed by atoms with Crippen molar-refractivity contribution in [3.8, 4) is 5.75 Å². The minimum Gasteiger partial charge on any atom is -0.497 e. The van der Waals surface area contributed by atoms with Crippen molar-refractivity contribution >= 4 is 11.6 Å². The van der Waals surface area contributed by atoms with E-state index in [4.69, 9.17) is 16.3 Å². The fourth-order valence-electron chi connectivity index (χ4n) is 1.51. The molecule has 84 valence electrons. The highest BCUT2D eigenvalue weighted by Gasteiger charge is 2.04. The Morgan fingerprint density at radius 2 is 2.00 bits per heavy atom. The van der Waals surface area contributed by atoms with Gasteiger partial charge in [0, 0.05) is 6.54 Å². The van der Waals surface area contributed by atoms with Gasteiger partial charge in [-0.2, -0.15) is 0 Å². The van der Waals surface area contributed by atoms with E-state index in [1.165, 1.54) is 5.56 Å². The highest BCUT2D eigenvalue weighted by molar-refractivity contribution is 6.30. The van der Waals surface area contributed by atoms with Crippen LogP contribution in [0.3, 0.4) is 0 Å². The molecule has 3 nitrogen and oxygen atoms in total. The third-order valence-electron chi connectivity index (χ3n) is 2.55. The highest BCUT2D eigenvalue weighted by atomic mass is 35.5. The van der Waals surface area contributed by atoms with Gasteiger partial charge in [0.2, 0.25) is 0 Å². The van der Waals surface area contributed by atoms with Crippen LogP contribution in [-0.4, -0.2) is 16.7 Å². The molecule has 0 N–H and O–H groups in total. The quantitative estimate of drug-likeness (QED) is 0.820. The predicted octanol–water partition coefficient (Wildman–Crippen LogP) is 2.90. The lowest BCUT2D eigenvalue weighted by atomic mass is 10.2. The molecule has 0 spiro atoms. The van der Waals surface area contributed by atoms with E-state index in [9.17, 15) is 0 Å². The molecule has 4 heteroatoms. The first-order valence-electron chi connectivity index (χ1n) is 5.01. The lowest BCUT2D eigenvalue weighted by Gasteiger charge is -2.06. The van der Waals surface area contributed by atoms with Gasteiger partial charge in [-0.1, -0.05) is 23.7 Å². The second kappa shape index (κ2) is 4.58. The number of nitrogens with zero attached hydrogens (tertiary/aromatic N) is 2. The maximum atomic E-state index is 5.89. The maximum absolute atomic E-state index is 5.89. The van der Waals surface area contributed by atoms with Gasteiger partial charge in [0.15, 0.2) is 0 Å². The number of imidazole rings is 1. The van der Waals surface area contributed by atoms with Crippen molar-refractivity contribution in [3.63, 3.8) is 0 Å². The van der Waals surface area contributed by atoms with Gasteiger partial charge in [-0.3, -0.25) is 0 Å². The maximum Gasteiger partial charge on any atom is 0.149 e. The normalized spacial score (nSPS) is 10.4. The minimum atomic E-state index is 0.563. The third kappa shape index (κ3) is 2.19. The largest absolute Gasteiger partial charge is 0.497 e. The van der Waals surface area contributed by atoms with E-state index in [0.717, 1.165) is 18.0 Å². The van der Waals surface area contributed by atoms with Crippen LogP contribution in [0.15, 0.2) is 30.6 Å². The molecule has 16 heavy (non-hydrogen) atoms. The molecule has 0 saturated carbocycles. The molecule has 0 fully saturated rings. The molecule has 0 amide bonds. The summed E-state index contributed by atoms with van der Waals surface area (Å²) in [5.41, 5.74) is 2.18. The summed E-state index contributed by atoms with van der Waals surface area (Å²) in [5.74, 6) is 0.865. The van der Waals surface area contributed by atoms with Crippen LogP contribution in [-0.2, 0) is 6.54 Å². The molecule has 0 bridgehead atoms. The number of hydrogen-bond donors (Lipinski definition) is 0. The van der Waals surface area contributed by atoms with Gasteiger partial charge in [-0.25, -0.2) is 4.98 Å². The number of rotatable bonds is 3. The van der Waals surface area contributed by atoms with E-state index in [2.05, 4.69) is 4.98 Å². The standard InChI is InChI=1S/C12H13ClN2O/c1-9-12(13)14-8-15(9)7-10-3-5-11(16-2)6-4-10/h3-6,8H,7H2,1-2H3. The fraction of sp³-hybridized carbons (Fsp3) is 0.250. The summed E-state index contributed by atoms with van der Waals surface area (Å²) in [5, 5.41) is 0.563. The smallest absolute Gasteiger partial charge is 0.149 e. The van der Waals surface area contributed by atoms with Gasteiger partial charge in [-0.05, 0) is 24.6 Å². The van der Waals surface area contributed by atoms with Gasteiger partial charge < -0.3 is 9.30 Å². The third-order valence-corrected chi connectivity index (χ3v) is 2.92. The Kier molecular flexibility index (Phi) is 3.15. The number of halogens is 1. The van der Waals surface area contributed by atoms with E-state index in [-0.39, 0.29) is 0 Å². The molecule has 0 aliphatic carbocycles. The molecule has 0 aliphatic heterocycles. The van der Waals surface area contributed by atoms with Crippen LogP contribution < -0.4 is 4.74 Å². The zero-order valence-electron chi connectivity index (χ0n) is 9.27. The molecular weight excluding hydrogens is 224 g/mol. The number of methoxy groups -OCH3 is 1. The van der Waals surface area contributed by atoms with Crippen molar-refractivity contribution in [2.45, 2.75) is 13.5 Å². The van der Waals surface area contributed by atoms with Crippen LogP contribution in [0.25, 0.3) is 0 Å². The summed E-state index contributed by atoms with van der Waals surface area (Å²) in [7, 11) is 1.66. The summed E-state index contributed by atoms with van der Waals surface area (Å²) >= 11 is 5.89. The number of hydrogen-bond acceptors (Lipinski definition) is 2. The molecule has 0 unspecified atom stereocenters. The Bertz CT molecular complexity index is 476. The molecule has 0 aliphatic rings. The Hall–Kier alpha value is -1.48. The van der Waals surface area contributed by atoms with Crippen molar-refractivity contribution < 1.29 is 4.74 Å². The SMILES string of the molecule is COc1ccc(Cn2cnc(Cl)c2C)cc1. The van der Waals surface area contributed by atoms with Crippen molar-refractivity contribution in [1.82, 2.24) is 9.55 Å². The number of benzene rings is 1. The zero-order valence-corrected chi connectivity index (χ0v) is 10.0. The van der Waals surface area contributed by atoms with Gasteiger partial charge in [0.1, 0.15) is 10.9 Å². The van der Waals surface area contributed by atoms with Crippen LogP contribution in [0, 0.1) is 6.92 Å². The van der Waals surface area contributed by atoms with Crippen LogP contribution >= 0.6 is 11.6 Å². The van der Waals surface area contributed by atoms with E-state index < -0.39 is 0 Å². The molecule has 2 aromatic rings. The van der Waals surface area contributed by atoms with Crippen LogP contribution in [0.1, 0.15) is 11.3 Å². The Labute approximate surface area is 99.6 Å². The second-order valence-electron chi connectivity index (χ2n) is 3.60. The Balaban J connectivity index is 2.17. The van der Waals surface area contributed by atoms with E-state index in [0.29, 0.717) is 5.15 Å². The molecule has 2 rings (SSSR count). The summed E-state index contributed by atoms with van der Waals surface area (Å²) in [4.78, 5) is 4.05. The number of aromatic nitrogens is 2. The first kappa shape index (κ1) is 11.0. The van der Waals surface area contributed by atoms with Crippen molar-refractivity contribution in [1.29, 1.82) is 0 Å². The Morgan fingerprint density at radius 3 is 2.50 bits per heavy atom. The highest BCUT2D eigenvalue weighted by Crippen LogP contribution is 2.16. The van der Waals surface area contributed by atoms with Crippen LogP contribution in [0.5, 0.6) is 5.75 Å². The van der Waals surface area contributed by atoms with Crippen LogP contribution in [0.2, 0.25) is 5.15 Å². The summed E-state index contributed by atoms with van der Waals surface area (Å²) in [6.07, 6.45) is 1.75. The van der Waals surface area contributed by atoms with Crippen molar-refractivity contribution in [2.24, 2.45) is 0 Å². The topological polar surface area (TPSA) is 27.1 Å². The summed E-state index contributed by atoms with van der Waals surface area (Å²) in [6, 6.07) is 7.96. The minimum absolute atomic E-state index is 0.563. The van der Waals surface area contributed by atoms with Crippen molar-refractivity contribution in [2.75, 3.05) is 7.11 Å². The van der Waals surface area contributed by atoms with E-state index >= 15 is 0 Å². The van der Waals surface area contributed by atoms with Gasteiger partial charge in [-0.15, -0.1) is 0 Å². The fourth-order valence-corrected chi connectivity index (χ4v) is 1.66. The average molecular weight is 237 g/mol. The second-order valence-corrected chi connectivity index (χ2v) is 3.95. The average Bonchev–Trinajstić information content (AvgIpc) is 2.62. The zero-order chi connectivity index (χ0) is 11.5. The summed E-state index contributed by atoms with van der Waals surface area (Å²) in [6.45, 7) is 2.73. The molecule has 1 heterocycles. The molecule has 0 radical (unpaired) electrons. The molecular formula is C12H13ClN2O. The molecule has 1 aromatic carbocycles. The predicted molar refractivity (Wildman–Crippen MR) is 64.1 cm³/mol. The molecule has 0 saturated heterocycles. The lowest BCUT2D eigenvalue weighted by molar-refractivity contribution is 0.414. The first-order chi connectivity index (χ1) is 7.70. The van der Waals surface area contributed by atoms with E-state index in [1.54, 1.807) is 13.4 Å². The summed E-state index contributed by atoms with van der Waals surface area (Å²) < 4.78 is 7.12. The van der Waals surface area contributed by atoms with Gasteiger partial charge >= 0.3 is 0 Å². The Morgan fingerprint density at radius 1 is 1.31 bits per heavy atom. The molecule has 0 atom stereocenters. The van der Waals surface area contributed by atoms with Gasteiger partial charge in [0.25, 0.3) is 0 Å². The van der Waals surface area contributed by atoms with Gasteiger partial charge in [0.05, 0.1) is 19.1 Å². The lowest BCUT2D eigenvalue weighted by Crippen LogP contribution is -2.00. The van der Waals surface area contributed by atoms with Crippen molar-refractivity contribution in [3.05, 3.63) is 47.0 Å². The van der Waals surface area contributed by atoms with E-state index in [1.807, 2.05) is 35.8 Å².